The van der Waals surface area contributed by atoms with Crippen LogP contribution in [0.1, 0.15) is 5.56 Å². The van der Waals surface area contributed by atoms with Gasteiger partial charge in [0, 0.05) is 5.56 Å². The molecular formula is C19H16FN3O4. The summed E-state index contributed by atoms with van der Waals surface area (Å²) in [6, 6.07) is 11.8. The summed E-state index contributed by atoms with van der Waals surface area (Å²) in [5, 5.41) is 4.93. The predicted octanol–water partition coefficient (Wildman–Crippen LogP) is 2.37. The van der Waals surface area contributed by atoms with E-state index in [2.05, 4.69) is 10.6 Å². The highest BCUT2D eigenvalue weighted by atomic mass is 19.1. The maximum absolute atomic E-state index is 13.7. The van der Waals surface area contributed by atoms with Crippen molar-refractivity contribution in [3.63, 3.8) is 0 Å². The van der Waals surface area contributed by atoms with Crippen molar-refractivity contribution >= 4 is 29.6 Å². The fourth-order valence-corrected chi connectivity index (χ4v) is 2.54. The Morgan fingerprint density at radius 1 is 1.19 bits per heavy atom. The van der Waals surface area contributed by atoms with Crippen LogP contribution in [0.2, 0.25) is 0 Å². The lowest BCUT2D eigenvalue weighted by Gasteiger charge is -2.13. The van der Waals surface area contributed by atoms with Gasteiger partial charge < -0.3 is 15.4 Å². The number of ether oxygens (including phenoxy) is 1. The number of imide groups is 1. The number of methoxy groups -OCH3 is 1. The van der Waals surface area contributed by atoms with Crippen LogP contribution in [-0.2, 0) is 9.59 Å². The number of nitrogens with zero attached hydrogens (tertiary/aromatic N) is 1. The average molecular weight is 369 g/mol. The minimum Gasteiger partial charge on any atom is -0.495 e. The molecule has 1 saturated heterocycles. The zero-order valence-electron chi connectivity index (χ0n) is 14.4. The average Bonchev–Trinajstić information content (AvgIpc) is 2.91. The van der Waals surface area contributed by atoms with Gasteiger partial charge in [-0.3, -0.25) is 9.59 Å². The summed E-state index contributed by atoms with van der Waals surface area (Å²) < 4.78 is 18.9. The molecule has 0 saturated carbocycles. The summed E-state index contributed by atoms with van der Waals surface area (Å²) in [6.07, 6.45) is 1.23. The van der Waals surface area contributed by atoms with Gasteiger partial charge in [0.25, 0.3) is 5.91 Å². The number of rotatable bonds is 5. The lowest BCUT2D eigenvalue weighted by Crippen LogP contribution is -2.38. The van der Waals surface area contributed by atoms with E-state index in [9.17, 15) is 18.8 Å². The quantitative estimate of drug-likeness (QED) is 0.626. The lowest BCUT2D eigenvalue weighted by atomic mass is 10.2. The van der Waals surface area contributed by atoms with Gasteiger partial charge in [0.05, 0.1) is 12.8 Å². The van der Waals surface area contributed by atoms with Crippen molar-refractivity contribution in [1.82, 2.24) is 10.2 Å². The third-order valence-electron chi connectivity index (χ3n) is 3.85. The van der Waals surface area contributed by atoms with E-state index < -0.39 is 30.2 Å². The number of carbonyl (C=O) groups is 3. The molecule has 2 N–H and O–H groups in total. The van der Waals surface area contributed by atoms with E-state index in [4.69, 9.17) is 4.74 Å². The summed E-state index contributed by atoms with van der Waals surface area (Å²) in [5.41, 5.74) is 0.468. The summed E-state index contributed by atoms with van der Waals surface area (Å²) in [6.45, 7) is -0.489. The van der Waals surface area contributed by atoms with Gasteiger partial charge in [0.1, 0.15) is 23.8 Å². The van der Waals surface area contributed by atoms with Crippen molar-refractivity contribution < 1.29 is 23.5 Å². The topological polar surface area (TPSA) is 87.7 Å². The monoisotopic (exact) mass is 369 g/mol. The van der Waals surface area contributed by atoms with E-state index in [1.807, 2.05) is 0 Å². The number of anilines is 1. The van der Waals surface area contributed by atoms with Crippen LogP contribution in [0.15, 0.2) is 54.2 Å². The summed E-state index contributed by atoms with van der Waals surface area (Å²) >= 11 is 0. The van der Waals surface area contributed by atoms with Gasteiger partial charge >= 0.3 is 6.03 Å². The predicted molar refractivity (Wildman–Crippen MR) is 96.2 cm³/mol. The normalized spacial score (nSPS) is 15.0. The molecule has 1 heterocycles. The van der Waals surface area contributed by atoms with Crippen LogP contribution < -0.4 is 15.4 Å². The number of hydrogen-bond donors (Lipinski definition) is 2. The highest BCUT2D eigenvalue weighted by Crippen LogP contribution is 2.23. The lowest BCUT2D eigenvalue weighted by molar-refractivity contribution is -0.127. The zero-order chi connectivity index (χ0) is 19.4. The standard InChI is InChI=1S/C19H16FN3O4/c1-27-16-9-5-4-8-14(16)21-17(24)11-23-18(25)15(22-19(23)26)10-12-6-2-3-7-13(12)20/h2-10H,11H2,1H3,(H,21,24)(H,22,26)/b15-10+. The Kier molecular flexibility index (Phi) is 5.16. The summed E-state index contributed by atoms with van der Waals surface area (Å²) in [5.74, 6) is -1.36. The van der Waals surface area contributed by atoms with Crippen LogP contribution >= 0.6 is 0 Å². The number of hydrogen-bond acceptors (Lipinski definition) is 4. The van der Waals surface area contributed by atoms with E-state index in [0.717, 1.165) is 4.90 Å². The van der Waals surface area contributed by atoms with Crippen LogP contribution in [-0.4, -0.2) is 36.4 Å². The Balaban J connectivity index is 1.72. The van der Waals surface area contributed by atoms with Gasteiger partial charge in [-0.2, -0.15) is 0 Å². The summed E-state index contributed by atoms with van der Waals surface area (Å²) in [7, 11) is 1.46. The molecule has 1 aliphatic rings. The first-order valence-electron chi connectivity index (χ1n) is 8.01. The van der Waals surface area contributed by atoms with Crippen molar-refractivity contribution in [2.75, 3.05) is 19.0 Å². The van der Waals surface area contributed by atoms with Crippen molar-refractivity contribution in [2.45, 2.75) is 0 Å². The maximum Gasteiger partial charge on any atom is 0.329 e. The minimum absolute atomic E-state index is 0.102. The fraction of sp³-hybridized carbons (Fsp3) is 0.105. The fourth-order valence-electron chi connectivity index (χ4n) is 2.54. The second-order valence-electron chi connectivity index (χ2n) is 5.65. The van der Waals surface area contributed by atoms with Gasteiger partial charge in [0.2, 0.25) is 5.91 Å². The molecule has 2 aromatic carbocycles. The molecule has 8 heteroatoms. The number of urea groups is 1. The van der Waals surface area contributed by atoms with E-state index in [1.165, 1.54) is 31.4 Å². The van der Waals surface area contributed by atoms with Gasteiger partial charge in [0.15, 0.2) is 0 Å². The van der Waals surface area contributed by atoms with E-state index in [-0.39, 0.29) is 11.3 Å². The van der Waals surface area contributed by atoms with Crippen molar-refractivity contribution in [1.29, 1.82) is 0 Å². The maximum atomic E-state index is 13.7. The molecule has 0 unspecified atom stereocenters. The molecule has 0 radical (unpaired) electrons. The number of para-hydroxylation sites is 2. The molecule has 0 aromatic heterocycles. The molecule has 0 bridgehead atoms. The Labute approximate surface area is 154 Å². The first kappa shape index (κ1) is 18.1. The summed E-state index contributed by atoms with van der Waals surface area (Å²) in [4.78, 5) is 37.4. The van der Waals surface area contributed by atoms with Gasteiger partial charge in [-0.25, -0.2) is 14.1 Å². The number of benzene rings is 2. The zero-order valence-corrected chi connectivity index (χ0v) is 14.4. The molecule has 0 spiro atoms. The molecule has 1 aliphatic heterocycles. The third-order valence-corrected chi connectivity index (χ3v) is 3.85. The Morgan fingerprint density at radius 3 is 2.63 bits per heavy atom. The highest BCUT2D eigenvalue weighted by molar-refractivity contribution is 6.16. The second-order valence-corrected chi connectivity index (χ2v) is 5.65. The first-order valence-corrected chi connectivity index (χ1v) is 8.01. The third kappa shape index (κ3) is 3.95. The van der Waals surface area contributed by atoms with Crippen molar-refractivity contribution in [2.24, 2.45) is 0 Å². The molecule has 0 atom stereocenters. The molecule has 4 amide bonds. The van der Waals surface area contributed by atoms with E-state index >= 15 is 0 Å². The number of carbonyl (C=O) groups excluding carboxylic acids is 3. The van der Waals surface area contributed by atoms with E-state index in [0.29, 0.717) is 11.4 Å². The van der Waals surface area contributed by atoms with Crippen LogP contribution in [0.3, 0.4) is 0 Å². The van der Waals surface area contributed by atoms with Gasteiger partial charge in [-0.15, -0.1) is 0 Å². The van der Waals surface area contributed by atoms with Crippen molar-refractivity contribution in [3.8, 4) is 5.75 Å². The molecule has 1 fully saturated rings. The molecule has 27 heavy (non-hydrogen) atoms. The van der Waals surface area contributed by atoms with Crippen LogP contribution in [0.5, 0.6) is 5.75 Å². The van der Waals surface area contributed by atoms with Crippen molar-refractivity contribution in [3.05, 3.63) is 65.6 Å². The molecule has 0 aliphatic carbocycles. The molecule has 2 aromatic rings. The Morgan fingerprint density at radius 2 is 1.89 bits per heavy atom. The molecule has 138 valence electrons. The van der Waals surface area contributed by atoms with Gasteiger partial charge in [-0.05, 0) is 24.3 Å². The molecule has 7 nitrogen and oxygen atoms in total. The van der Waals surface area contributed by atoms with Crippen LogP contribution in [0, 0.1) is 5.82 Å². The second kappa shape index (κ2) is 7.69. The minimum atomic E-state index is -0.752. The van der Waals surface area contributed by atoms with Gasteiger partial charge in [-0.1, -0.05) is 30.3 Å². The molecular weight excluding hydrogens is 353 g/mol. The Bertz CT molecular complexity index is 942. The van der Waals surface area contributed by atoms with Crippen LogP contribution in [0.25, 0.3) is 6.08 Å². The number of halogens is 1. The largest absolute Gasteiger partial charge is 0.495 e. The highest BCUT2D eigenvalue weighted by Gasteiger charge is 2.35. The smallest absolute Gasteiger partial charge is 0.329 e. The molecule has 3 rings (SSSR count). The first-order chi connectivity index (χ1) is 13.0. The number of nitrogens with one attached hydrogen (secondary N) is 2. The Hall–Kier alpha value is -3.68. The number of amides is 4. The van der Waals surface area contributed by atoms with E-state index in [1.54, 1.807) is 30.3 Å². The SMILES string of the molecule is COc1ccccc1NC(=O)CN1C(=O)N/C(=C/c2ccccc2F)C1=O. The van der Waals surface area contributed by atoms with Crippen LogP contribution in [0.4, 0.5) is 14.9 Å².